The predicted octanol–water partition coefficient (Wildman–Crippen LogP) is 3.34. The third-order valence-corrected chi connectivity index (χ3v) is 2.62. The second-order valence-corrected chi connectivity index (χ2v) is 4.92. The maximum absolute atomic E-state index is 4.73. The van der Waals surface area contributed by atoms with Gasteiger partial charge in [-0.2, -0.15) is 0 Å². The number of rotatable bonds is 0. The highest BCUT2D eigenvalue weighted by molar-refractivity contribution is 5.54. The number of allylic oxidation sites excluding steroid dienone is 1. The van der Waals surface area contributed by atoms with Crippen molar-refractivity contribution in [1.29, 1.82) is 0 Å². The van der Waals surface area contributed by atoms with Gasteiger partial charge in [0, 0.05) is 16.8 Å². The number of aromatic nitrogens is 1. The number of aryl methyl sites for hydroxylation is 1. The van der Waals surface area contributed by atoms with E-state index in [4.69, 9.17) is 4.98 Å². The summed E-state index contributed by atoms with van der Waals surface area (Å²) in [6.07, 6.45) is 6.63. The molecule has 14 heavy (non-hydrogen) atoms. The highest BCUT2D eigenvalue weighted by Gasteiger charge is 2.17. The van der Waals surface area contributed by atoms with Gasteiger partial charge in [-0.3, -0.25) is 4.98 Å². The van der Waals surface area contributed by atoms with Gasteiger partial charge in [-0.1, -0.05) is 39.0 Å². The summed E-state index contributed by atoms with van der Waals surface area (Å²) in [7, 11) is 0. The van der Waals surface area contributed by atoms with Crippen LogP contribution >= 0.6 is 0 Å². The molecule has 0 atom stereocenters. The Bertz CT molecular complexity index is 369. The Kier molecular flexibility index (Phi) is 2.18. The first-order valence-corrected chi connectivity index (χ1v) is 5.24. The van der Waals surface area contributed by atoms with E-state index < -0.39 is 0 Å². The van der Waals surface area contributed by atoms with Crippen LogP contribution in [0.4, 0.5) is 0 Å². The summed E-state index contributed by atoms with van der Waals surface area (Å²) in [5.74, 6) is 0. The Morgan fingerprint density at radius 2 is 2.00 bits per heavy atom. The van der Waals surface area contributed by atoms with Crippen molar-refractivity contribution < 1.29 is 0 Å². The van der Waals surface area contributed by atoms with E-state index in [1.807, 2.05) is 0 Å². The van der Waals surface area contributed by atoms with Gasteiger partial charge in [0.05, 0.1) is 0 Å². The van der Waals surface area contributed by atoms with Crippen LogP contribution in [-0.2, 0) is 11.8 Å². The molecule has 0 unspecified atom stereocenters. The molecule has 1 aliphatic carbocycles. The molecule has 0 bridgehead atoms. The first-order valence-electron chi connectivity index (χ1n) is 5.24. The fraction of sp³-hybridized carbons (Fsp3) is 0.462. The van der Waals surface area contributed by atoms with E-state index in [-0.39, 0.29) is 5.41 Å². The standard InChI is InChI=1S/C13H17N/c1-13(2,3)12-9-8-10-6-4-5-7-11(10)14-12/h4,6,8-9H,5,7H2,1-3H3. The number of hydrogen-bond acceptors (Lipinski definition) is 1. The molecule has 0 spiro atoms. The molecule has 0 amide bonds. The van der Waals surface area contributed by atoms with Gasteiger partial charge < -0.3 is 0 Å². The smallest absolute Gasteiger partial charge is 0.0482 e. The van der Waals surface area contributed by atoms with Gasteiger partial charge in [-0.25, -0.2) is 0 Å². The lowest BCUT2D eigenvalue weighted by atomic mass is 9.90. The summed E-state index contributed by atoms with van der Waals surface area (Å²) >= 11 is 0. The summed E-state index contributed by atoms with van der Waals surface area (Å²) in [4.78, 5) is 4.73. The van der Waals surface area contributed by atoms with Crippen LogP contribution in [0.15, 0.2) is 18.2 Å². The number of pyridine rings is 1. The minimum Gasteiger partial charge on any atom is -0.257 e. The Morgan fingerprint density at radius 1 is 1.21 bits per heavy atom. The van der Waals surface area contributed by atoms with Crippen LogP contribution < -0.4 is 0 Å². The van der Waals surface area contributed by atoms with Gasteiger partial charge in [0.15, 0.2) is 0 Å². The fourth-order valence-corrected chi connectivity index (χ4v) is 1.71. The first-order chi connectivity index (χ1) is 6.57. The molecule has 0 fully saturated rings. The molecule has 1 heteroatoms. The molecule has 2 rings (SSSR count). The molecular weight excluding hydrogens is 170 g/mol. The lowest BCUT2D eigenvalue weighted by Gasteiger charge is -2.20. The van der Waals surface area contributed by atoms with Gasteiger partial charge >= 0.3 is 0 Å². The molecular formula is C13H17N. The minimum absolute atomic E-state index is 0.163. The van der Waals surface area contributed by atoms with Gasteiger partial charge in [-0.05, 0) is 24.5 Å². The topological polar surface area (TPSA) is 12.9 Å². The highest BCUT2D eigenvalue weighted by Crippen LogP contribution is 2.24. The molecule has 0 radical (unpaired) electrons. The van der Waals surface area contributed by atoms with E-state index in [0.717, 1.165) is 12.8 Å². The van der Waals surface area contributed by atoms with E-state index in [0.29, 0.717) is 0 Å². The van der Waals surface area contributed by atoms with Crippen LogP contribution in [0.1, 0.15) is 44.1 Å². The maximum Gasteiger partial charge on any atom is 0.0482 e. The summed E-state index contributed by atoms with van der Waals surface area (Å²) in [5, 5.41) is 0. The van der Waals surface area contributed by atoms with E-state index in [1.165, 1.54) is 17.0 Å². The Morgan fingerprint density at radius 3 is 2.71 bits per heavy atom. The normalized spacial score (nSPS) is 15.4. The summed E-state index contributed by atoms with van der Waals surface area (Å²) in [5.41, 5.74) is 3.92. The maximum atomic E-state index is 4.73. The molecule has 0 aromatic carbocycles. The molecule has 74 valence electrons. The second-order valence-electron chi connectivity index (χ2n) is 4.92. The zero-order valence-corrected chi connectivity index (χ0v) is 9.17. The van der Waals surface area contributed by atoms with Crippen molar-refractivity contribution in [2.75, 3.05) is 0 Å². The lowest BCUT2D eigenvalue weighted by Crippen LogP contribution is -2.15. The van der Waals surface area contributed by atoms with Crippen LogP contribution in [0.3, 0.4) is 0 Å². The van der Waals surface area contributed by atoms with Crippen molar-refractivity contribution in [2.24, 2.45) is 0 Å². The Labute approximate surface area is 85.9 Å². The third kappa shape index (κ3) is 1.72. The largest absolute Gasteiger partial charge is 0.257 e. The minimum atomic E-state index is 0.163. The van der Waals surface area contributed by atoms with Crippen molar-refractivity contribution in [2.45, 2.75) is 39.0 Å². The highest BCUT2D eigenvalue weighted by atomic mass is 14.7. The van der Waals surface area contributed by atoms with Crippen molar-refractivity contribution in [3.63, 3.8) is 0 Å². The van der Waals surface area contributed by atoms with Crippen LogP contribution in [0, 0.1) is 0 Å². The van der Waals surface area contributed by atoms with Gasteiger partial charge in [-0.15, -0.1) is 0 Å². The SMILES string of the molecule is CC(C)(C)c1ccc2c(n1)CCC=C2. The Hall–Kier alpha value is -1.11. The van der Waals surface area contributed by atoms with E-state index >= 15 is 0 Å². The predicted molar refractivity (Wildman–Crippen MR) is 60.3 cm³/mol. The lowest BCUT2D eigenvalue weighted by molar-refractivity contribution is 0.565. The van der Waals surface area contributed by atoms with Crippen molar-refractivity contribution in [3.8, 4) is 0 Å². The van der Waals surface area contributed by atoms with E-state index in [2.05, 4.69) is 45.1 Å². The molecule has 0 saturated heterocycles. The van der Waals surface area contributed by atoms with Gasteiger partial charge in [0.2, 0.25) is 0 Å². The number of hydrogen-bond donors (Lipinski definition) is 0. The van der Waals surface area contributed by atoms with Crippen LogP contribution in [0.25, 0.3) is 6.08 Å². The molecule has 1 aromatic rings. The first kappa shape index (κ1) is 9.45. The van der Waals surface area contributed by atoms with E-state index in [1.54, 1.807) is 0 Å². The zero-order valence-electron chi connectivity index (χ0n) is 9.17. The number of fused-ring (bicyclic) bond motifs is 1. The molecule has 1 heterocycles. The quantitative estimate of drug-likeness (QED) is 0.607. The summed E-state index contributed by atoms with van der Waals surface area (Å²) < 4.78 is 0. The molecule has 1 aliphatic rings. The zero-order chi connectivity index (χ0) is 10.2. The summed E-state index contributed by atoms with van der Waals surface area (Å²) in [6.45, 7) is 6.63. The van der Waals surface area contributed by atoms with Crippen LogP contribution in [0.5, 0.6) is 0 Å². The molecule has 1 aromatic heterocycles. The average molecular weight is 187 g/mol. The monoisotopic (exact) mass is 187 g/mol. The fourth-order valence-electron chi connectivity index (χ4n) is 1.71. The molecule has 0 N–H and O–H groups in total. The van der Waals surface area contributed by atoms with Crippen molar-refractivity contribution in [1.82, 2.24) is 4.98 Å². The summed E-state index contributed by atoms with van der Waals surface area (Å²) in [6, 6.07) is 4.34. The second kappa shape index (κ2) is 3.23. The number of nitrogens with zero attached hydrogens (tertiary/aromatic N) is 1. The van der Waals surface area contributed by atoms with Gasteiger partial charge in [0.25, 0.3) is 0 Å². The van der Waals surface area contributed by atoms with Crippen molar-refractivity contribution >= 4 is 6.08 Å². The van der Waals surface area contributed by atoms with Crippen LogP contribution in [-0.4, -0.2) is 4.98 Å². The Balaban J connectivity index is 2.45. The average Bonchev–Trinajstić information content (AvgIpc) is 2.16. The van der Waals surface area contributed by atoms with E-state index in [9.17, 15) is 0 Å². The van der Waals surface area contributed by atoms with Crippen molar-refractivity contribution in [3.05, 3.63) is 35.2 Å². The van der Waals surface area contributed by atoms with Gasteiger partial charge in [0.1, 0.15) is 0 Å². The molecule has 0 saturated carbocycles. The van der Waals surface area contributed by atoms with Crippen LogP contribution in [0.2, 0.25) is 0 Å². The molecule has 1 nitrogen and oxygen atoms in total. The third-order valence-electron chi connectivity index (χ3n) is 2.62. The molecule has 0 aliphatic heterocycles.